The molecule has 6 rings (SSSR count). The number of ketones is 1. The number of hydrogen-bond donors (Lipinski definition) is 0. The van der Waals surface area contributed by atoms with Crippen molar-refractivity contribution < 1.29 is 26.9 Å². The predicted octanol–water partition coefficient (Wildman–Crippen LogP) is 2.88. The van der Waals surface area contributed by atoms with Crippen molar-refractivity contribution in [3.05, 3.63) is 64.4 Å². The molecule has 1 fully saturated rings. The maximum Gasteiger partial charge on any atom is 0.416 e. The third-order valence-electron chi connectivity index (χ3n) is 7.04. The quantitative estimate of drug-likeness (QED) is 0.334. The van der Waals surface area contributed by atoms with Crippen molar-refractivity contribution in [2.24, 2.45) is 0 Å². The molecule has 1 saturated heterocycles. The Morgan fingerprint density at radius 1 is 1.13 bits per heavy atom. The number of ether oxygens (including phenoxy) is 1. The van der Waals surface area contributed by atoms with Gasteiger partial charge in [0.2, 0.25) is 17.0 Å². The second-order valence-electron chi connectivity index (χ2n) is 9.59. The van der Waals surface area contributed by atoms with E-state index in [-0.39, 0.29) is 23.2 Å². The maximum absolute atomic E-state index is 13.6. The largest absolute Gasteiger partial charge is 0.416 e. The highest BCUT2D eigenvalue weighted by Gasteiger charge is 2.37. The minimum absolute atomic E-state index is 0.0171. The highest BCUT2D eigenvalue weighted by Crippen LogP contribution is 2.38. The van der Waals surface area contributed by atoms with Crippen LogP contribution in [0.3, 0.4) is 0 Å². The second-order valence-corrected chi connectivity index (χ2v) is 11.2. The molecule has 0 saturated carbocycles. The van der Waals surface area contributed by atoms with Gasteiger partial charge in [-0.3, -0.25) is 4.79 Å². The summed E-state index contributed by atoms with van der Waals surface area (Å²) < 4.78 is 63.5. The van der Waals surface area contributed by atoms with Crippen molar-refractivity contribution in [3.63, 3.8) is 0 Å². The summed E-state index contributed by atoms with van der Waals surface area (Å²) in [6.45, 7) is 3.59. The number of nitrogens with zero attached hydrogens (tertiary/aromatic N) is 7. The number of carbonyl (C=O) groups excluding carboxylic acids is 1. The van der Waals surface area contributed by atoms with E-state index in [1.807, 2.05) is 11.0 Å². The van der Waals surface area contributed by atoms with Gasteiger partial charge in [0.15, 0.2) is 11.5 Å². The fourth-order valence-corrected chi connectivity index (χ4v) is 5.74. The molecule has 2 aliphatic rings. The summed E-state index contributed by atoms with van der Waals surface area (Å²) in [5.41, 5.74) is 1.69. The average molecular weight is 560 g/mol. The van der Waals surface area contributed by atoms with Crippen molar-refractivity contribution in [2.45, 2.75) is 19.5 Å². The molecular weight excluding hydrogens is 535 g/mol. The Hall–Kier alpha value is -3.62. The maximum atomic E-state index is 13.6. The summed E-state index contributed by atoms with van der Waals surface area (Å²) in [6.07, 6.45) is -1.41. The van der Waals surface area contributed by atoms with Gasteiger partial charge >= 0.3 is 6.18 Å². The van der Waals surface area contributed by atoms with Crippen molar-refractivity contribution in [1.29, 1.82) is 0 Å². The molecule has 1 aliphatic carbocycles. The molecule has 0 radical (unpaired) electrons. The highest BCUT2D eigenvalue weighted by molar-refractivity contribution is 7.81. The van der Waals surface area contributed by atoms with E-state index in [9.17, 15) is 22.2 Å². The first kappa shape index (κ1) is 25.6. The average Bonchev–Trinajstić information content (AvgIpc) is 3.54. The van der Waals surface area contributed by atoms with Crippen LogP contribution >= 0.6 is 0 Å². The molecule has 4 aromatic rings. The van der Waals surface area contributed by atoms with Crippen molar-refractivity contribution in [1.82, 2.24) is 27.9 Å². The van der Waals surface area contributed by atoms with Gasteiger partial charge in [-0.15, -0.1) is 5.10 Å². The molecule has 10 nitrogen and oxygen atoms in total. The lowest BCUT2D eigenvalue weighted by atomic mass is 9.86. The van der Waals surface area contributed by atoms with E-state index in [1.165, 1.54) is 32.1 Å². The smallest absolute Gasteiger partial charge is 0.378 e. The van der Waals surface area contributed by atoms with Gasteiger partial charge in [0.05, 0.1) is 35.7 Å². The fraction of sp³-hybridized carbons (Fsp3) is 0.360. The van der Waals surface area contributed by atoms with Gasteiger partial charge in [-0.1, -0.05) is 6.07 Å². The zero-order valence-corrected chi connectivity index (χ0v) is 22.1. The van der Waals surface area contributed by atoms with E-state index >= 15 is 0 Å². The van der Waals surface area contributed by atoms with Gasteiger partial charge < -0.3 is 9.64 Å². The zero-order valence-electron chi connectivity index (χ0n) is 21.3. The summed E-state index contributed by atoms with van der Waals surface area (Å²) in [7, 11) is 3.35. The number of fused-ring (bicyclic) bond motifs is 4. The molecule has 39 heavy (non-hydrogen) atoms. The number of hydrogen-bond acceptors (Lipinski definition) is 7. The molecule has 1 atom stereocenters. The monoisotopic (exact) mass is 559 g/mol. The molecule has 204 valence electrons. The first-order chi connectivity index (χ1) is 18.5. The SMILES string of the molecule is Cc1c(C(F)(F)F)ccc2c1Cc1c(nc3c(-c4cn(S(=O)N(C)C)cn4)cc(N4CCOCC4)nn13)C2=O. The fourth-order valence-electron chi connectivity index (χ4n) is 5.05. The molecule has 0 amide bonds. The van der Waals surface area contributed by atoms with Crippen molar-refractivity contribution >= 4 is 28.4 Å². The number of alkyl halides is 3. The Balaban J connectivity index is 1.55. The molecule has 3 aromatic heterocycles. The summed E-state index contributed by atoms with van der Waals surface area (Å²) in [6, 6.07) is 3.99. The van der Waals surface area contributed by atoms with Crippen molar-refractivity contribution in [2.75, 3.05) is 45.3 Å². The van der Waals surface area contributed by atoms with Crippen LogP contribution in [0.1, 0.15) is 38.4 Å². The van der Waals surface area contributed by atoms with Crippen LogP contribution in [-0.2, 0) is 28.5 Å². The Labute approximate surface area is 223 Å². The molecule has 1 unspecified atom stereocenters. The van der Waals surface area contributed by atoms with E-state index in [4.69, 9.17) is 9.84 Å². The second kappa shape index (κ2) is 9.24. The van der Waals surface area contributed by atoms with E-state index in [1.54, 1.807) is 20.3 Å². The molecule has 1 aliphatic heterocycles. The lowest BCUT2D eigenvalue weighted by molar-refractivity contribution is -0.138. The van der Waals surface area contributed by atoms with Crippen molar-refractivity contribution in [3.8, 4) is 11.3 Å². The van der Waals surface area contributed by atoms with Gasteiger partial charge in [0, 0.05) is 45.4 Å². The van der Waals surface area contributed by atoms with Crippen LogP contribution in [0, 0.1) is 6.92 Å². The van der Waals surface area contributed by atoms with Crippen LogP contribution in [0.5, 0.6) is 0 Å². The van der Waals surface area contributed by atoms with Gasteiger partial charge in [0.1, 0.15) is 12.0 Å². The van der Waals surface area contributed by atoms with Gasteiger partial charge in [0.25, 0.3) is 0 Å². The number of aromatic nitrogens is 5. The van der Waals surface area contributed by atoms with Crippen LogP contribution in [0.4, 0.5) is 19.0 Å². The molecule has 0 spiro atoms. The predicted molar refractivity (Wildman–Crippen MR) is 137 cm³/mol. The van der Waals surface area contributed by atoms with Crippen LogP contribution in [0.15, 0.2) is 30.7 Å². The summed E-state index contributed by atoms with van der Waals surface area (Å²) in [5, 5.41) is 4.78. The lowest BCUT2D eigenvalue weighted by Gasteiger charge is -2.28. The molecule has 0 bridgehead atoms. The lowest BCUT2D eigenvalue weighted by Crippen LogP contribution is -2.37. The summed E-state index contributed by atoms with van der Waals surface area (Å²) in [4.78, 5) is 24.6. The van der Waals surface area contributed by atoms with E-state index < -0.39 is 28.7 Å². The number of rotatable bonds is 4. The molecule has 4 heterocycles. The minimum Gasteiger partial charge on any atom is -0.378 e. The normalized spacial score (nSPS) is 16.6. The number of benzene rings is 1. The number of imidazole rings is 2. The molecule has 1 aromatic carbocycles. The highest BCUT2D eigenvalue weighted by atomic mass is 32.2. The third kappa shape index (κ3) is 4.22. The summed E-state index contributed by atoms with van der Waals surface area (Å²) >= 11 is -1.50. The minimum atomic E-state index is -4.54. The zero-order chi connectivity index (χ0) is 27.6. The van der Waals surface area contributed by atoms with E-state index in [0.717, 1.165) is 6.07 Å². The standard InChI is InChI=1S/C25H24F3N7O3S/c1-14-16-10-20-22(23(36)15(16)4-5-18(14)25(26,27)28)30-24-17(19-12-34(13-29-19)39(37)32(2)3)11-21(31-35(20)24)33-6-8-38-9-7-33/h4-5,11-13H,6-10H2,1-3H3. The Kier molecular flexibility index (Phi) is 6.08. The third-order valence-corrected chi connectivity index (χ3v) is 8.22. The van der Waals surface area contributed by atoms with Crippen LogP contribution in [-0.4, -0.2) is 78.3 Å². The van der Waals surface area contributed by atoms with Gasteiger partial charge in [-0.25, -0.2) is 27.0 Å². The molecular formula is C25H24F3N7O3S. The molecule has 14 heteroatoms. The Bertz CT molecular complexity index is 1650. The number of halogens is 3. The first-order valence-corrected chi connectivity index (χ1v) is 13.2. The first-order valence-electron chi connectivity index (χ1n) is 12.2. The van der Waals surface area contributed by atoms with Crippen LogP contribution in [0.2, 0.25) is 0 Å². The summed E-state index contributed by atoms with van der Waals surface area (Å²) in [5.74, 6) is 0.134. The van der Waals surface area contributed by atoms with Crippen LogP contribution in [0.25, 0.3) is 16.9 Å². The van der Waals surface area contributed by atoms with Crippen LogP contribution < -0.4 is 4.90 Å². The van der Waals surface area contributed by atoms with Gasteiger partial charge in [-0.05, 0) is 30.2 Å². The Morgan fingerprint density at radius 3 is 2.56 bits per heavy atom. The molecule has 0 N–H and O–H groups in total. The van der Waals surface area contributed by atoms with Gasteiger partial charge in [-0.2, -0.15) is 13.2 Å². The number of carbonyl (C=O) groups is 1. The number of morpholine rings is 1. The van der Waals surface area contributed by atoms with E-state index in [2.05, 4.69) is 9.97 Å². The Morgan fingerprint density at radius 2 is 1.87 bits per heavy atom. The van der Waals surface area contributed by atoms with E-state index in [0.29, 0.717) is 60.3 Å². The number of anilines is 1. The topological polar surface area (TPSA) is 97.9 Å².